The Hall–Kier alpha value is -2.64. The van der Waals surface area contributed by atoms with E-state index >= 15 is 0 Å². The largest absolute Gasteiger partial charge is 0.308 e. The van der Waals surface area contributed by atoms with Crippen LogP contribution in [0.25, 0.3) is 11.3 Å². The molecule has 7 heteroatoms. The van der Waals surface area contributed by atoms with Gasteiger partial charge >= 0.3 is 0 Å². The number of thiocarbonyl (C=S) groups is 1. The lowest BCUT2D eigenvalue weighted by atomic mass is 10.1. The SMILES string of the molecule is Cc1ccc(-c2csc(NC(=S)NC(=O)c3cccc(F)c3)n2)cc1. The summed E-state index contributed by atoms with van der Waals surface area (Å²) < 4.78 is 13.2. The Kier molecular flexibility index (Phi) is 5.16. The zero-order valence-electron chi connectivity index (χ0n) is 13.2. The fraction of sp³-hybridized carbons (Fsp3) is 0.0556. The van der Waals surface area contributed by atoms with Crippen molar-refractivity contribution in [2.75, 3.05) is 5.32 Å². The van der Waals surface area contributed by atoms with E-state index in [2.05, 4.69) is 15.6 Å². The van der Waals surface area contributed by atoms with Crippen molar-refractivity contribution in [3.63, 3.8) is 0 Å². The fourth-order valence-electron chi connectivity index (χ4n) is 2.12. The molecule has 4 nitrogen and oxygen atoms in total. The summed E-state index contributed by atoms with van der Waals surface area (Å²) in [5.74, 6) is -0.957. The van der Waals surface area contributed by atoms with Gasteiger partial charge in [0.15, 0.2) is 10.2 Å². The highest BCUT2D eigenvalue weighted by Crippen LogP contribution is 2.25. The van der Waals surface area contributed by atoms with Crippen LogP contribution in [0.1, 0.15) is 15.9 Å². The number of carbonyl (C=O) groups excluding carboxylic acids is 1. The van der Waals surface area contributed by atoms with Gasteiger partial charge in [-0.05, 0) is 37.3 Å². The number of thiazole rings is 1. The average Bonchev–Trinajstić information content (AvgIpc) is 3.03. The normalized spacial score (nSPS) is 10.3. The maximum absolute atomic E-state index is 13.2. The Balaban J connectivity index is 1.63. The second kappa shape index (κ2) is 7.50. The Morgan fingerprint density at radius 1 is 1.20 bits per heavy atom. The number of hydrogen-bond donors (Lipinski definition) is 2. The molecule has 1 amide bonds. The van der Waals surface area contributed by atoms with E-state index in [1.165, 1.54) is 35.1 Å². The number of aryl methyl sites for hydroxylation is 1. The first-order valence-corrected chi connectivity index (χ1v) is 8.70. The van der Waals surface area contributed by atoms with E-state index in [9.17, 15) is 9.18 Å². The van der Waals surface area contributed by atoms with Crippen LogP contribution in [0.3, 0.4) is 0 Å². The number of carbonyl (C=O) groups is 1. The molecule has 0 radical (unpaired) electrons. The molecule has 3 rings (SSSR count). The van der Waals surface area contributed by atoms with Crippen molar-refractivity contribution in [3.05, 3.63) is 70.9 Å². The molecule has 3 aromatic rings. The number of benzene rings is 2. The van der Waals surface area contributed by atoms with Gasteiger partial charge in [0.1, 0.15) is 5.82 Å². The summed E-state index contributed by atoms with van der Waals surface area (Å²) in [4.78, 5) is 16.5. The molecule has 0 fully saturated rings. The monoisotopic (exact) mass is 371 g/mol. The molecule has 1 heterocycles. The molecule has 0 atom stereocenters. The van der Waals surface area contributed by atoms with Gasteiger partial charge in [0.25, 0.3) is 5.91 Å². The molecule has 0 aliphatic carbocycles. The number of rotatable bonds is 3. The van der Waals surface area contributed by atoms with Gasteiger partial charge in [-0.25, -0.2) is 9.37 Å². The zero-order chi connectivity index (χ0) is 17.8. The van der Waals surface area contributed by atoms with Crippen LogP contribution in [0.15, 0.2) is 53.9 Å². The lowest BCUT2D eigenvalue weighted by Crippen LogP contribution is -2.34. The third kappa shape index (κ3) is 4.46. The summed E-state index contributed by atoms with van der Waals surface area (Å²) >= 11 is 6.50. The van der Waals surface area contributed by atoms with Crippen molar-refractivity contribution in [3.8, 4) is 11.3 Å². The molecule has 0 bridgehead atoms. The van der Waals surface area contributed by atoms with Crippen LogP contribution >= 0.6 is 23.6 Å². The minimum Gasteiger partial charge on any atom is -0.308 e. The second-order valence-electron chi connectivity index (χ2n) is 5.32. The molecule has 25 heavy (non-hydrogen) atoms. The number of nitrogens with zero attached hydrogens (tertiary/aromatic N) is 1. The number of hydrogen-bond acceptors (Lipinski definition) is 4. The van der Waals surface area contributed by atoms with Crippen LogP contribution in [-0.4, -0.2) is 16.0 Å². The van der Waals surface area contributed by atoms with E-state index in [1.54, 1.807) is 0 Å². The van der Waals surface area contributed by atoms with Gasteiger partial charge in [-0.1, -0.05) is 35.9 Å². The number of aromatic nitrogens is 1. The van der Waals surface area contributed by atoms with E-state index in [4.69, 9.17) is 12.2 Å². The van der Waals surface area contributed by atoms with Gasteiger partial charge in [-0.3, -0.25) is 10.1 Å². The van der Waals surface area contributed by atoms with Gasteiger partial charge < -0.3 is 5.32 Å². The maximum atomic E-state index is 13.2. The molecule has 126 valence electrons. The van der Waals surface area contributed by atoms with E-state index in [0.29, 0.717) is 5.13 Å². The quantitative estimate of drug-likeness (QED) is 0.671. The van der Waals surface area contributed by atoms with E-state index in [-0.39, 0.29) is 10.7 Å². The van der Waals surface area contributed by atoms with E-state index in [0.717, 1.165) is 17.3 Å². The molecule has 1 aromatic heterocycles. The van der Waals surface area contributed by atoms with Crippen LogP contribution < -0.4 is 10.6 Å². The topological polar surface area (TPSA) is 54.0 Å². The highest BCUT2D eigenvalue weighted by Gasteiger charge is 2.10. The number of anilines is 1. The van der Waals surface area contributed by atoms with Gasteiger partial charge in [0, 0.05) is 16.5 Å². The first-order chi connectivity index (χ1) is 12.0. The van der Waals surface area contributed by atoms with E-state index < -0.39 is 11.7 Å². The summed E-state index contributed by atoms with van der Waals surface area (Å²) in [6, 6.07) is 13.4. The number of amides is 1. The zero-order valence-corrected chi connectivity index (χ0v) is 14.9. The molecule has 0 aliphatic heterocycles. The molecule has 2 N–H and O–H groups in total. The van der Waals surface area contributed by atoms with Crippen LogP contribution in [-0.2, 0) is 0 Å². The molecular formula is C18H14FN3OS2. The van der Waals surface area contributed by atoms with Crippen LogP contribution in [0.5, 0.6) is 0 Å². The molecule has 0 unspecified atom stereocenters. The third-order valence-electron chi connectivity index (χ3n) is 3.39. The fourth-order valence-corrected chi connectivity index (χ4v) is 3.10. The minimum absolute atomic E-state index is 0.110. The van der Waals surface area contributed by atoms with Crippen molar-refractivity contribution in [1.82, 2.24) is 10.3 Å². The highest BCUT2D eigenvalue weighted by atomic mass is 32.1. The maximum Gasteiger partial charge on any atom is 0.257 e. The lowest BCUT2D eigenvalue weighted by Gasteiger charge is -2.07. The number of halogens is 1. The van der Waals surface area contributed by atoms with E-state index in [1.807, 2.05) is 36.6 Å². The highest BCUT2D eigenvalue weighted by molar-refractivity contribution is 7.80. The van der Waals surface area contributed by atoms with Gasteiger partial charge in [0.05, 0.1) is 5.69 Å². The van der Waals surface area contributed by atoms with Crippen molar-refractivity contribution in [1.29, 1.82) is 0 Å². The van der Waals surface area contributed by atoms with Crippen LogP contribution in [0.4, 0.5) is 9.52 Å². The van der Waals surface area contributed by atoms with Crippen LogP contribution in [0.2, 0.25) is 0 Å². The summed E-state index contributed by atoms with van der Waals surface area (Å²) in [6.45, 7) is 2.03. The molecule has 0 saturated carbocycles. The smallest absolute Gasteiger partial charge is 0.257 e. The molecule has 0 saturated heterocycles. The van der Waals surface area contributed by atoms with Crippen LogP contribution in [0, 0.1) is 12.7 Å². The Bertz CT molecular complexity index is 922. The minimum atomic E-state index is -0.479. The predicted molar refractivity (Wildman–Crippen MR) is 102 cm³/mol. The van der Waals surface area contributed by atoms with Gasteiger partial charge in [-0.15, -0.1) is 11.3 Å². The summed E-state index contributed by atoms with van der Waals surface area (Å²) in [6.07, 6.45) is 0. The third-order valence-corrected chi connectivity index (χ3v) is 4.35. The Morgan fingerprint density at radius 2 is 1.96 bits per heavy atom. The second-order valence-corrected chi connectivity index (χ2v) is 6.59. The molecule has 2 aromatic carbocycles. The summed E-state index contributed by atoms with van der Waals surface area (Å²) in [5.41, 5.74) is 3.21. The standard InChI is InChI=1S/C18H14FN3OS2/c1-11-5-7-12(8-6-11)15-10-25-18(20-15)22-17(24)21-16(23)13-3-2-4-14(19)9-13/h2-10H,1H3,(H2,20,21,22,23,24). The summed E-state index contributed by atoms with van der Waals surface area (Å²) in [5, 5.41) is 7.97. The van der Waals surface area contributed by atoms with Gasteiger partial charge in [0.2, 0.25) is 0 Å². The predicted octanol–water partition coefficient (Wildman–Crippen LogP) is 4.38. The summed E-state index contributed by atoms with van der Waals surface area (Å²) in [7, 11) is 0. The average molecular weight is 371 g/mol. The van der Waals surface area contributed by atoms with Gasteiger partial charge in [-0.2, -0.15) is 0 Å². The van der Waals surface area contributed by atoms with Crippen molar-refractivity contribution in [2.45, 2.75) is 6.92 Å². The first kappa shape index (κ1) is 17.2. The molecule has 0 spiro atoms. The van der Waals surface area contributed by atoms with Crippen molar-refractivity contribution < 1.29 is 9.18 Å². The Morgan fingerprint density at radius 3 is 2.68 bits per heavy atom. The molecular weight excluding hydrogens is 357 g/mol. The molecule has 0 aliphatic rings. The number of nitrogens with one attached hydrogen (secondary N) is 2. The Labute approximate surface area is 153 Å². The van der Waals surface area contributed by atoms with Crippen molar-refractivity contribution in [2.24, 2.45) is 0 Å². The first-order valence-electron chi connectivity index (χ1n) is 7.42. The van der Waals surface area contributed by atoms with Crippen molar-refractivity contribution >= 4 is 39.7 Å². The lowest BCUT2D eigenvalue weighted by molar-refractivity contribution is 0.0977.